The highest BCUT2D eigenvalue weighted by molar-refractivity contribution is 5.99. The van der Waals surface area contributed by atoms with Gasteiger partial charge in [-0.25, -0.2) is 0 Å². The largest absolute Gasteiger partial charge is 0.463 e. The van der Waals surface area contributed by atoms with Crippen molar-refractivity contribution in [2.45, 2.75) is 12.7 Å². The van der Waals surface area contributed by atoms with Gasteiger partial charge in [-0.3, -0.25) is 14.9 Å². The zero-order chi connectivity index (χ0) is 13.4. The van der Waals surface area contributed by atoms with Gasteiger partial charge in [0.15, 0.2) is 5.78 Å². The topological polar surface area (TPSA) is 78.7 Å². The maximum atomic E-state index is 11.9. The molecular weight excluding hydrogens is 250 g/mol. The van der Waals surface area contributed by atoms with Gasteiger partial charge in [-0.05, 0) is 12.5 Å². The highest BCUT2D eigenvalue weighted by Crippen LogP contribution is 2.36. The van der Waals surface area contributed by atoms with E-state index in [0.29, 0.717) is 18.6 Å². The van der Waals surface area contributed by atoms with Gasteiger partial charge in [0.25, 0.3) is 5.69 Å². The molecule has 19 heavy (non-hydrogen) atoms. The van der Waals surface area contributed by atoms with Crippen LogP contribution in [0.3, 0.4) is 0 Å². The molecule has 1 fully saturated rings. The number of fused-ring (bicyclic) bond motifs is 1. The Morgan fingerprint density at radius 1 is 1.32 bits per heavy atom. The Morgan fingerprint density at radius 3 is 2.89 bits per heavy atom. The monoisotopic (exact) mass is 261 g/mol. The summed E-state index contributed by atoms with van der Waals surface area (Å²) < 4.78 is 10.9. The van der Waals surface area contributed by atoms with Crippen LogP contribution in [0.5, 0.6) is 0 Å². The number of benzene rings is 1. The van der Waals surface area contributed by atoms with Gasteiger partial charge in [-0.15, -0.1) is 0 Å². The minimum absolute atomic E-state index is 0.0852. The van der Waals surface area contributed by atoms with Gasteiger partial charge in [0.05, 0.1) is 23.0 Å². The van der Waals surface area contributed by atoms with Crippen molar-refractivity contribution in [2.24, 2.45) is 5.92 Å². The lowest BCUT2D eigenvalue weighted by Crippen LogP contribution is -2.29. The first-order valence-corrected chi connectivity index (χ1v) is 5.94. The number of nitro benzene ring substituents is 1. The van der Waals surface area contributed by atoms with Crippen LogP contribution in [0.25, 0.3) is 5.76 Å². The number of ether oxygens (including phenoxy) is 2. The molecule has 0 spiro atoms. The van der Waals surface area contributed by atoms with Crippen molar-refractivity contribution >= 4 is 17.2 Å². The standard InChI is InChI=1S/C13H11NO5/c15-11-7-12(19-13-9(11)5-6-18-13)8-3-1-2-4-10(8)14(16)17/h1-4,7,9,13H,5-6H2/t9-,13-/m0/s1. The van der Waals surface area contributed by atoms with Crippen LogP contribution in [0.2, 0.25) is 0 Å². The molecule has 2 heterocycles. The number of allylic oxidation sites excluding steroid dienone is 1. The number of hydrogen-bond donors (Lipinski definition) is 0. The molecule has 3 rings (SSSR count). The fourth-order valence-electron chi connectivity index (χ4n) is 2.33. The molecule has 0 bridgehead atoms. The van der Waals surface area contributed by atoms with E-state index in [1.54, 1.807) is 18.2 Å². The van der Waals surface area contributed by atoms with Crippen LogP contribution in [0.4, 0.5) is 5.69 Å². The summed E-state index contributed by atoms with van der Waals surface area (Å²) in [6, 6.07) is 6.18. The lowest BCUT2D eigenvalue weighted by Gasteiger charge is -2.24. The predicted molar refractivity (Wildman–Crippen MR) is 65.0 cm³/mol. The molecule has 1 aromatic carbocycles. The predicted octanol–water partition coefficient (Wildman–Crippen LogP) is 1.90. The molecule has 6 heteroatoms. The molecule has 98 valence electrons. The summed E-state index contributed by atoms with van der Waals surface area (Å²) in [5.41, 5.74) is 0.216. The molecule has 2 atom stereocenters. The molecule has 2 aliphatic heterocycles. The Balaban J connectivity index is 2.01. The highest BCUT2D eigenvalue weighted by Gasteiger charge is 2.39. The van der Waals surface area contributed by atoms with Gasteiger partial charge in [0.2, 0.25) is 6.29 Å². The van der Waals surface area contributed by atoms with Crippen LogP contribution >= 0.6 is 0 Å². The molecule has 0 unspecified atom stereocenters. The fraction of sp³-hybridized carbons (Fsp3) is 0.308. The first-order valence-electron chi connectivity index (χ1n) is 5.94. The average Bonchev–Trinajstić information content (AvgIpc) is 2.87. The minimum atomic E-state index is -0.618. The van der Waals surface area contributed by atoms with E-state index < -0.39 is 11.2 Å². The first-order chi connectivity index (χ1) is 9.16. The number of nitrogens with zero attached hydrogens (tertiary/aromatic N) is 1. The summed E-state index contributed by atoms with van der Waals surface area (Å²) in [7, 11) is 0. The SMILES string of the molecule is O=C1C=C(c2ccccc2[N+](=O)[O-])O[C@@H]2OCC[C@@H]12. The number of carbonyl (C=O) groups excluding carboxylic acids is 1. The second-order valence-electron chi connectivity index (χ2n) is 4.44. The summed E-state index contributed by atoms with van der Waals surface area (Å²) in [6.07, 6.45) is 1.34. The van der Waals surface area contributed by atoms with Crippen LogP contribution < -0.4 is 0 Å². The zero-order valence-corrected chi connectivity index (χ0v) is 9.94. The van der Waals surface area contributed by atoms with Gasteiger partial charge in [0, 0.05) is 12.1 Å². The van der Waals surface area contributed by atoms with E-state index in [4.69, 9.17) is 9.47 Å². The molecule has 0 aromatic heterocycles. The van der Waals surface area contributed by atoms with Crippen LogP contribution in [-0.4, -0.2) is 23.6 Å². The number of nitro groups is 1. The maximum Gasteiger partial charge on any atom is 0.280 e. The van der Waals surface area contributed by atoms with Crippen LogP contribution in [0.15, 0.2) is 30.3 Å². The van der Waals surface area contributed by atoms with Crippen molar-refractivity contribution in [3.63, 3.8) is 0 Å². The van der Waals surface area contributed by atoms with Crippen molar-refractivity contribution in [3.05, 3.63) is 46.0 Å². The van der Waals surface area contributed by atoms with Crippen molar-refractivity contribution in [3.8, 4) is 0 Å². The summed E-state index contributed by atoms with van der Waals surface area (Å²) >= 11 is 0. The Labute approximate surface area is 108 Å². The van der Waals surface area contributed by atoms with Crippen LogP contribution in [-0.2, 0) is 14.3 Å². The first kappa shape index (κ1) is 11.9. The highest BCUT2D eigenvalue weighted by atomic mass is 16.7. The third-order valence-electron chi connectivity index (χ3n) is 3.29. The van der Waals surface area contributed by atoms with Crippen LogP contribution in [0, 0.1) is 16.0 Å². The van der Waals surface area contributed by atoms with E-state index in [1.165, 1.54) is 12.1 Å². The summed E-state index contributed by atoms with van der Waals surface area (Å²) in [6.45, 7) is 0.471. The Morgan fingerprint density at radius 2 is 2.11 bits per heavy atom. The average molecular weight is 261 g/mol. The van der Waals surface area contributed by atoms with Gasteiger partial charge in [-0.1, -0.05) is 12.1 Å². The quantitative estimate of drug-likeness (QED) is 0.600. The number of rotatable bonds is 2. The summed E-state index contributed by atoms with van der Waals surface area (Å²) in [5, 5.41) is 11.0. The fourth-order valence-corrected chi connectivity index (χ4v) is 2.33. The lowest BCUT2D eigenvalue weighted by molar-refractivity contribution is -0.385. The zero-order valence-electron chi connectivity index (χ0n) is 9.94. The Bertz CT molecular complexity index is 580. The van der Waals surface area contributed by atoms with E-state index >= 15 is 0 Å². The summed E-state index contributed by atoms with van der Waals surface area (Å²) in [4.78, 5) is 22.4. The smallest absolute Gasteiger partial charge is 0.280 e. The lowest BCUT2D eigenvalue weighted by atomic mass is 9.97. The molecule has 2 aliphatic rings. The number of para-hydroxylation sites is 1. The maximum absolute atomic E-state index is 11.9. The van der Waals surface area contributed by atoms with Gasteiger partial charge < -0.3 is 9.47 Å². The molecular formula is C13H11NO5. The van der Waals surface area contributed by atoms with Gasteiger partial charge in [-0.2, -0.15) is 0 Å². The van der Waals surface area contributed by atoms with Crippen LogP contribution in [0.1, 0.15) is 12.0 Å². The van der Waals surface area contributed by atoms with E-state index in [9.17, 15) is 14.9 Å². The second-order valence-corrected chi connectivity index (χ2v) is 4.44. The summed E-state index contributed by atoms with van der Waals surface area (Å²) in [5.74, 6) is -0.172. The molecule has 6 nitrogen and oxygen atoms in total. The number of ketones is 1. The minimum Gasteiger partial charge on any atom is -0.463 e. The third-order valence-corrected chi connectivity index (χ3v) is 3.29. The van der Waals surface area contributed by atoms with Crippen molar-refractivity contribution in [1.82, 2.24) is 0 Å². The number of carbonyl (C=O) groups is 1. The normalized spacial score (nSPS) is 25.5. The molecule has 1 aromatic rings. The molecule has 0 saturated carbocycles. The van der Waals surface area contributed by atoms with E-state index in [-0.39, 0.29) is 23.1 Å². The Hall–Kier alpha value is -2.21. The third kappa shape index (κ3) is 2.00. The molecule has 0 aliphatic carbocycles. The van der Waals surface area contributed by atoms with E-state index in [2.05, 4.69) is 0 Å². The Kier molecular flexibility index (Phi) is 2.79. The molecule has 0 radical (unpaired) electrons. The molecule has 0 amide bonds. The van der Waals surface area contributed by atoms with Crippen molar-refractivity contribution < 1.29 is 19.2 Å². The van der Waals surface area contributed by atoms with Crippen molar-refractivity contribution in [1.29, 1.82) is 0 Å². The molecule has 1 saturated heterocycles. The van der Waals surface area contributed by atoms with E-state index in [0.717, 1.165) is 0 Å². The van der Waals surface area contributed by atoms with Gasteiger partial charge >= 0.3 is 0 Å². The number of hydrogen-bond acceptors (Lipinski definition) is 5. The second kappa shape index (κ2) is 4.47. The van der Waals surface area contributed by atoms with Gasteiger partial charge in [0.1, 0.15) is 5.76 Å². The van der Waals surface area contributed by atoms with Crippen molar-refractivity contribution in [2.75, 3.05) is 6.61 Å². The molecule has 0 N–H and O–H groups in total. The van der Waals surface area contributed by atoms with E-state index in [1.807, 2.05) is 0 Å².